The minimum absolute atomic E-state index is 0.343. The van der Waals surface area contributed by atoms with Crippen molar-refractivity contribution >= 4 is 40.5 Å². The predicted molar refractivity (Wildman–Crippen MR) is 125 cm³/mol. The minimum atomic E-state index is -4.40. The van der Waals surface area contributed by atoms with Gasteiger partial charge >= 0.3 is 6.18 Å². The Labute approximate surface area is 194 Å². The van der Waals surface area contributed by atoms with Gasteiger partial charge in [-0.1, -0.05) is 18.2 Å². The number of alkyl halides is 3. The number of benzene rings is 1. The first-order valence-corrected chi connectivity index (χ1v) is 11.3. The summed E-state index contributed by atoms with van der Waals surface area (Å²) in [5.74, 6) is 1.22. The van der Waals surface area contributed by atoms with E-state index in [9.17, 15) is 13.2 Å². The van der Waals surface area contributed by atoms with Crippen LogP contribution in [0.25, 0.3) is 12.2 Å². The molecule has 0 spiro atoms. The van der Waals surface area contributed by atoms with Crippen LogP contribution in [0.5, 0.6) is 0 Å². The Kier molecular flexibility index (Phi) is 6.89. The van der Waals surface area contributed by atoms with Crippen LogP contribution in [-0.2, 0) is 6.18 Å². The van der Waals surface area contributed by atoms with Crippen LogP contribution in [0, 0.1) is 6.92 Å². The van der Waals surface area contributed by atoms with Gasteiger partial charge in [0, 0.05) is 30.7 Å². The molecule has 11 heteroatoms. The summed E-state index contributed by atoms with van der Waals surface area (Å²) in [6.45, 7) is 5.41. The summed E-state index contributed by atoms with van der Waals surface area (Å²) in [7, 11) is 2.08. The maximum Gasteiger partial charge on any atom is 0.416 e. The summed E-state index contributed by atoms with van der Waals surface area (Å²) in [4.78, 5) is 23.3. The number of aryl methyl sites for hydroxylation is 1. The lowest BCUT2D eigenvalue weighted by Gasteiger charge is -2.21. The topological polar surface area (TPSA) is 70.1 Å². The number of likely N-dealkylation sites (N-methyl/N-ethyl adjacent to an activating group) is 1. The van der Waals surface area contributed by atoms with E-state index in [0.29, 0.717) is 28.4 Å². The highest BCUT2D eigenvalue weighted by atomic mass is 32.1. The van der Waals surface area contributed by atoms with E-state index in [0.717, 1.165) is 49.6 Å². The second kappa shape index (κ2) is 9.84. The zero-order chi connectivity index (χ0) is 23.4. The third-order valence-electron chi connectivity index (χ3n) is 5.12. The van der Waals surface area contributed by atoms with E-state index in [1.165, 1.54) is 17.4 Å². The van der Waals surface area contributed by atoms with Crippen LogP contribution < -0.4 is 10.2 Å². The standard InChI is InChI=1S/C22H24F3N7S/c1-15-14-26-21(33-15)30-19-27-18(8-7-16-5-3-6-17(13-16)22(23,24)25)28-20(29-19)32-10-4-9-31(2)11-12-32/h3,5-8,13-14H,4,9-12H2,1-2H3,(H,26,27,28,29,30)/b8-7+. The number of thiazole rings is 1. The first-order valence-electron chi connectivity index (χ1n) is 10.5. The van der Waals surface area contributed by atoms with Gasteiger partial charge in [-0.2, -0.15) is 28.1 Å². The van der Waals surface area contributed by atoms with Gasteiger partial charge in [0.05, 0.1) is 5.56 Å². The van der Waals surface area contributed by atoms with Gasteiger partial charge in [-0.15, -0.1) is 11.3 Å². The molecule has 3 heterocycles. The van der Waals surface area contributed by atoms with E-state index < -0.39 is 11.7 Å². The molecule has 0 atom stereocenters. The average Bonchev–Trinajstić information content (AvgIpc) is 3.05. The summed E-state index contributed by atoms with van der Waals surface area (Å²) in [5.41, 5.74) is -0.288. The molecule has 1 saturated heterocycles. The first-order chi connectivity index (χ1) is 15.8. The highest BCUT2D eigenvalue weighted by Crippen LogP contribution is 2.30. The van der Waals surface area contributed by atoms with Crippen molar-refractivity contribution in [2.24, 2.45) is 0 Å². The molecule has 0 aliphatic carbocycles. The van der Waals surface area contributed by atoms with Crippen molar-refractivity contribution in [2.75, 3.05) is 43.4 Å². The lowest BCUT2D eigenvalue weighted by atomic mass is 10.1. The molecule has 174 valence electrons. The Bertz CT molecular complexity index is 1130. The molecule has 2 aromatic heterocycles. The van der Waals surface area contributed by atoms with Gasteiger partial charge in [0.25, 0.3) is 0 Å². The third-order valence-corrected chi connectivity index (χ3v) is 5.95. The second-order valence-corrected chi connectivity index (χ2v) is 9.05. The van der Waals surface area contributed by atoms with Gasteiger partial charge in [-0.25, -0.2) is 4.98 Å². The zero-order valence-electron chi connectivity index (χ0n) is 18.3. The van der Waals surface area contributed by atoms with Gasteiger partial charge in [0.2, 0.25) is 11.9 Å². The Morgan fingerprint density at radius 1 is 1.06 bits per heavy atom. The number of hydrogen-bond donors (Lipinski definition) is 1. The van der Waals surface area contributed by atoms with Crippen molar-refractivity contribution in [2.45, 2.75) is 19.5 Å². The van der Waals surface area contributed by atoms with Gasteiger partial charge in [-0.3, -0.25) is 5.32 Å². The van der Waals surface area contributed by atoms with Crippen LogP contribution in [0.15, 0.2) is 30.5 Å². The van der Waals surface area contributed by atoms with Gasteiger partial charge in [0.15, 0.2) is 11.0 Å². The predicted octanol–water partition coefficient (Wildman–Crippen LogP) is 4.71. The van der Waals surface area contributed by atoms with Crippen LogP contribution >= 0.6 is 11.3 Å². The fourth-order valence-corrected chi connectivity index (χ4v) is 4.05. The molecule has 0 radical (unpaired) electrons. The van der Waals surface area contributed by atoms with Crippen LogP contribution in [0.4, 0.5) is 30.2 Å². The van der Waals surface area contributed by atoms with E-state index >= 15 is 0 Å². The average molecular weight is 476 g/mol. The van der Waals surface area contributed by atoms with E-state index in [2.05, 4.69) is 42.1 Å². The fraction of sp³-hybridized carbons (Fsp3) is 0.364. The number of rotatable bonds is 5. The molecule has 7 nitrogen and oxygen atoms in total. The van der Waals surface area contributed by atoms with E-state index in [4.69, 9.17) is 0 Å². The number of hydrogen-bond acceptors (Lipinski definition) is 8. The maximum atomic E-state index is 13.0. The molecule has 1 N–H and O–H groups in total. The largest absolute Gasteiger partial charge is 0.416 e. The minimum Gasteiger partial charge on any atom is -0.339 e. The van der Waals surface area contributed by atoms with Gasteiger partial charge in [-0.05, 0) is 50.7 Å². The Morgan fingerprint density at radius 2 is 1.91 bits per heavy atom. The molecule has 1 aliphatic rings. The van der Waals surface area contributed by atoms with Crippen molar-refractivity contribution in [1.29, 1.82) is 0 Å². The second-order valence-electron chi connectivity index (χ2n) is 7.82. The highest BCUT2D eigenvalue weighted by molar-refractivity contribution is 7.15. The quantitative estimate of drug-likeness (QED) is 0.573. The molecular weight excluding hydrogens is 451 g/mol. The van der Waals surface area contributed by atoms with Crippen molar-refractivity contribution in [3.05, 3.63) is 52.3 Å². The van der Waals surface area contributed by atoms with E-state index in [1.807, 2.05) is 6.92 Å². The van der Waals surface area contributed by atoms with Crippen molar-refractivity contribution in [3.63, 3.8) is 0 Å². The van der Waals surface area contributed by atoms with Crippen LogP contribution in [0.3, 0.4) is 0 Å². The third kappa shape index (κ3) is 6.26. The van der Waals surface area contributed by atoms with Crippen LogP contribution in [-0.4, -0.2) is 58.1 Å². The smallest absolute Gasteiger partial charge is 0.339 e. The number of halogens is 3. The first kappa shape index (κ1) is 23.1. The summed E-state index contributed by atoms with van der Waals surface area (Å²) >= 11 is 1.48. The van der Waals surface area contributed by atoms with Crippen LogP contribution in [0.1, 0.15) is 28.2 Å². The highest BCUT2D eigenvalue weighted by Gasteiger charge is 2.30. The van der Waals surface area contributed by atoms with E-state index in [-0.39, 0.29) is 0 Å². The molecule has 0 saturated carbocycles. The van der Waals surface area contributed by atoms with Crippen molar-refractivity contribution < 1.29 is 13.2 Å². The molecule has 33 heavy (non-hydrogen) atoms. The number of aromatic nitrogens is 4. The number of nitrogens with one attached hydrogen (secondary N) is 1. The number of nitrogens with zero attached hydrogens (tertiary/aromatic N) is 6. The normalized spacial score (nSPS) is 15.7. The van der Waals surface area contributed by atoms with E-state index in [1.54, 1.807) is 24.4 Å². The molecule has 4 rings (SSSR count). The van der Waals surface area contributed by atoms with Crippen molar-refractivity contribution in [1.82, 2.24) is 24.8 Å². The molecule has 1 aromatic carbocycles. The number of anilines is 3. The summed E-state index contributed by atoms with van der Waals surface area (Å²) in [5, 5.41) is 3.78. The summed E-state index contributed by atoms with van der Waals surface area (Å²) in [6.07, 6.45) is 1.51. The lowest BCUT2D eigenvalue weighted by Crippen LogP contribution is -2.30. The lowest BCUT2D eigenvalue weighted by molar-refractivity contribution is -0.137. The molecule has 1 fully saturated rings. The SMILES string of the molecule is Cc1cnc(Nc2nc(/C=C/c3cccc(C(F)(F)F)c3)nc(N3CCCN(C)CC3)n2)s1. The Balaban J connectivity index is 1.64. The maximum absolute atomic E-state index is 13.0. The Morgan fingerprint density at radius 3 is 2.67 bits per heavy atom. The Hall–Kier alpha value is -3.05. The molecular formula is C22H24F3N7S. The molecule has 3 aromatic rings. The molecule has 0 amide bonds. The zero-order valence-corrected chi connectivity index (χ0v) is 19.1. The van der Waals surface area contributed by atoms with Gasteiger partial charge < -0.3 is 9.80 Å². The fourth-order valence-electron chi connectivity index (χ4n) is 3.40. The summed E-state index contributed by atoms with van der Waals surface area (Å²) < 4.78 is 39.1. The van der Waals surface area contributed by atoms with Crippen molar-refractivity contribution in [3.8, 4) is 0 Å². The molecule has 0 bridgehead atoms. The molecule has 0 unspecified atom stereocenters. The van der Waals surface area contributed by atoms with Crippen LogP contribution in [0.2, 0.25) is 0 Å². The summed E-state index contributed by atoms with van der Waals surface area (Å²) in [6, 6.07) is 5.14. The monoisotopic (exact) mass is 475 g/mol. The van der Waals surface area contributed by atoms with Gasteiger partial charge in [0.1, 0.15) is 0 Å². The molecule has 1 aliphatic heterocycles.